The van der Waals surface area contributed by atoms with Crippen LogP contribution in [0.3, 0.4) is 0 Å². The number of aromatic amines is 1. The number of halogens is 1. The van der Waals surface area contributed by atoms with Crippen LogP contribution in [0.15, 0.2) is 16.5 Å². The number of nitrogens with one attached hydrogen (secondary N) is 1. The summed E-state index contributed by atoms with van der Waals surface area (Å²) in [6, 6.07) is 3.37. The highest BCUT2D eigenvalue weighted by atomic mass is 35.5. The summed E-state index contributed by atoms with van der Waals surface area (Å²) in [5.74, 6) is 0. The van der Waals surface area contributed by atoms with E-state index in [1.807, 2.05) is 0 Å². The van der Waals surface area contributed by atoms with Crippen molar-refractivity contribution in [2.45, 2.75) is 0 Å². The Balaban J connectivity index is 2.92. The molecule has 0 fully saturated rings. The van der Waals surface area contributed by atoms with Crippen LogP contribution >= 0.6 is 23.8 Å². The molecule has 1 N–H and O–H groups in total. The lowest BCUT2D eigenvalue weighted by molar-refractivity contribution is 0.583. The molecule has 56 valence electrons. The van der Waals surface area contributed by atoms with Crippen molar-refractivity contribution in [3.05, 3.63) is 22.1 Å². The van der Waals surface area contributed by atoms with Crippen LogP contribution in [0.1, 0.15) is 0 Å². The van der Waals surface area contributed by atoms with E-state index in [0.29, 0.717) is 21.2 Å². The molecule has 0 saturated heterocycles. The van der Waals surface area contributed by atoms with E-state index in [9.17, 15) is 0 Å². The summed E-state index contributed by atoms with van der Waals surface area (Å²) in [5, 5.41) is 0.421. The molecule has 2 aromatic heterocycles. The molecule has 0 amide bonds. The number of rotatable bonds is 0. The smallest absolute Gasteiger partial charge is 0.268 e. The van der Waals surface area contributed by atoms with Crippen molar-refractivity contribution >= 4 is 35.0 Å². The number of H-pyrrole nitrogens is 1. The molecule has 0 aromatic carbocycles. The molecule has 5 heteroatoms. The average molecular weight is 187 g/mol. The number of oxazole rings is 1. The zero-order valence-electron chi connectivity index (χ0n) is 5.30. The molecular formula is C6H3ClN2OS. The molecule has 0 aliphatic carbocycles. The molecule has 0 atom stereocenters. The summed E-state index contributed by atoms with van der Waals surface area (Å²) >= 11 is 10.4. The number of aromatic nitrogens is 2. The van der Waals surface area contributed by atoms with Crippen LogP contribution in [-0.2, 0) is 0 Å². The highest BCUT2D eigenvalue weighted by molar-refractivity contribution is 7.71. The molecule has 0 aliphatic heterocycles. The van der Waals surface area contributed by atoms with E-state index in [2.05, 4.69) is 9.97 Å². The minimum atomic E-state index is 0.315. The Hall–Kier alpha value is -0.870. The van der Waals surface area contributed by atoms with Gasteiger partial charge in [-0.25, -0.2) is 4.98 Å². The zero-order valence-corrected chi connectivity index (χ0v) is 6.87. The molecule has 2 rings (SSSR count). The summed E-state index contributed by atoms with van der Waals surface area (Å²) < 4.78 is 5.06. The first-order valence-electron chi connectivity index (χ1n) is 2.91. The third-order valence-electron chi connectivity index (χ3n) is 1.25. The quantitative estimate of drug-likeness (QED) is 0.508. The third-order valence-corrected chi connectivity index (χ3v) is 1.64. The Labute approximate surface area is 72.0 Å². The van der Waals surface area contributed by atoms with E-state index in [1.54, 1.807) is 12.1 Å². The predicted octanol–water partition coefficient (Wildman–Crippen LogP) is 2.54. The van der Waals surface area contributed by atoms with Gasteiger partial charge in [0.1, 0.15) is 5.15 Å². The number of fused-ring (bicyclic) bond motifs is 1. The maximum Gasteiger partial charge on any atom is 0.268 e. The number of hydrogen-bond donors (Lipinski definition) is 1. The number of hydrogen-bond acceptors (Lipinski definition) is 3. The van der Waals surface area contributed by atoms with Crippen LogP contribution in [-0.4, -0.2) is 9.97 Å². The zero-order chi connectivity index (χ0) is 7.84. The Bertz CT molecular complexity index is 447. The average Bonchev–Trinajstić information content (AvgIpc) is 2.27. The molecular weight excluding hydrogens is 184 g/mol. The maximum atomic E-state index is 5.62. The summed E-state index contributed by atoms with van der Waals surface area (Å²) in [6.45, 7) is 0. The van der Waals surface area contributed by atoms with Gasteiger partial charge in [-0.1, -0.05) is 11.6 Å². The van der Waals surface area contributed by atoms with E-state index >= 15 is 0 Å². The van der Waals surface area contributed by atoms with E-state index in [-0.39, 0.29) is 0 Å². The fourth-order valence-electron chi connectivity index (χ4n) is 0.817. The molecule has 0 aliphatic rings. The first-order chi connectivity index (χ1) is 5.25. The molecule has 0 unspecified atom stereocenters. The first-order valence-corrected chi connectivity index (χ1v) is 3.70. The highest BCUT2D eigenvalue weighted by Crippen LogP contribution is 2.13. The van der Waals surface area contributed by atoms with Gasteiger partial charge in [0.05, 0.1) is 0 Å². The monoisotopic (exact) mass is 186 g/mol. The van der Waals surface area contributed by atoms with E-state index in [1.165, 1.54) is 0 Å². The van der Waals surface area contributed by atoms with Crippen molar-refractivity contribution < 1.29 is 4.42 Å². The van der Waals surface area contributed by atoms with Crippen molar-refractivity contribution in [3.8, 4) is 0 Å². The van der Waals surface area contributed by atoms with Crippen LogP contribution in [0.25, 0.3) is 11.2 Å². The molecule has 0 saturated carbocycles. The van der Waals surface area contributed by atoms with Crippen LogP contribution in [0, 0.1) is 4.84 Å². The minimum absolute atomic E-state index is 0.315. The molecule has 2 aromatic rings. The fraction of sp³-hybridized carbons (Fsp3) is 0. The van der Waals surface area contributed by atoms with Crippen LogP contribution < -0.4 is 0 Å². The molecule has 3 nitrogen and oxygen atoms in total. The topological polar surface area (TPSA) is 41.8 Å². The van der Waals surface area contributed by atoms with Gasteiger partial charge in [0.15, 0.2) is 11.2 Å². The predicted molar refractivity (Wildman–Crippen MR) is 44.2 cm³/mol. The normalized spacial score (nSPS) is 10.6. The summed E-state index contributed by atoms with van der Waals surface area (Å²) in [7, 11) is 0. The summed E-state index contributed by atoms with van der Waals surface area (Å²) in [4.78, 5) is 7.01. The van der Waals surface area contributed by atoms with E-state index in [0.717, 1.165) is 0 Å². The van der Waals surface area contributed by atoms with Crippen LogP contribution in [0.2, 0.25) is 5.15 Å². The van der Waals surface area contributed by atoms with Gasteiger partial charge < -0.3 is 4.42 Å². The van der Waals surface area contributed by atoms with Gasteiger partial charge in [-0.2, -0.15) is 0 Å². The second-order valence-electron chi connectivity index (χ2n) is 2.00. The van der Waals surface area contributed by atoms with Gasteiger partial charge in [-0.15, -0.1) is 0 Å². The summed E-state index contributed by atoms with van der Waals surface area (Å²) in [6.07, 6.45) is 0. The minimum Gasteiger partial charge on any atom is -0.428 e. The largest absolute Gasteiger partial charge is 0.428 e. The van der Waals surface area contributed by atoms with Gasteiger partial charge in [-0.05, 0) is 24.4 Å². The maximum absolute atomic E-state index is 5.62. The Morgan fingerprint density at radius 3 is 3.18 bits per heavy atom. The van der Waals surface area contributed by atoms with Crippen molar-refractivity contribution in [2.24, 2.45) is 0 Å². The van der Waals surface area contributed by atoms with Crippen LogP contribution in [0.4, 0.5) is 0 Å². The fourth-order valence-corrected chi connectivity index (χ4v) is 1.15. The second kappa shape index (κ2) is 2.32. The lowest BCUT2D eigenvalue weighted by Crippen LogP contribution is -1.75. The van der Waals surface area contributed by atoms with E-state index in [4.69, 9.17) is 28.2 Å². The lowest BCUT2D eigenvalue weighted by Gasteiger charge is -1.85. The second-order valence-corrected chi connectivity index (χ2v) is 2.75. The van der Waals surface area contributed by atoms with Gasteiger partial charge in [0, 0.05) is 0 Å². The molecule has 11 heavy (non-hydrogen) atoms. The van der Waals surface area contributed by atoms with Crippen molar-refractivity contribution in [1.29, 1.82) is 0 Å². The summed E-state index contributed by atoms with van der Waals surface area (Å²) in [5.41, 5.74) is 1.21. The SMILES string of the molecule is S=c1[nH]c2nc(Cl)ccc2o1. The van der Waals surface area contributed by atoms with Gasteiger partial charge >= 0.3 is 0 Å². The van der Waals surface area contributed by atoms with Gasteiger partial charge in [0.25, 0.3) is 4.84 Å². The van der Waals surface area contributed by atoms with Gasteiger partial charge in [0.2, 0.25) is 0 Å². The standard InChI is InChI=1S/C6H3ClN2OS/c7-4-2-1-3-5(8-4)9-6(11)10-3/h1-2H,(H,8,9,11). The Morgan fingerprint density at radius 1 is 1.55 bits per heavy atom. The van der Waals surface area contributed by atoms with Crippen LogP contribution in [0.5, 0.6) is 0 Å². The molecule has 0 radical (unpaired) electrons. The number of nitrogens with zero attached hydrogens (tertiary/aromatic N) is 1. The van der Waals surface area contributed by atoms with Crippen molar-refractivity contribution in [1.82, 2.24) is 9.97 Å². The molecule has 0 spiro atoms. The number of pyridine rings is 1. The van der Waals surface area contributed by atoms with E-state index < -0.39 is 0 Å². The van der Waals surface area contributed by atoms with Crippen molar-refractivity contribution in [2.75, 3.05) is 0 Å². The van der Waals surface area contributed by atoms with Gasteiger partial charge in [-0.3, -0.25) is 4.98 Å². The molecule has 2 heterocycles. The van der Waals surface area contributed by atoms with Crippen molar-refractivity contribution in [3.63, 3.8) is 0 Å². The lowest BCUT2D eigenvalue weighted by atomic mass is 10.5. The Kier molecular flexibility index (Phi) is 1.44. The highest BCUT2D eigenvalue weighted by Gasteiger charge is 1.99. The Morgan fingerprint density at radius 2 is 2.36 bits per heavy atom. The molecule has 0 bridgehead atoms. The first kappa shape index (κ1) is 6.82. The third kappa shape index (κ3) is 1.15.